The highest BCUT2D eigenvalue weighted by Gasteiger charge is 2.61. The molecule has 0 fully saturated rings. The number of hydrogen-bond acceptors (Lipinski definition) is 5. The third kappa shape index (κ3) is 5.34. The minimum Gasteiger partial charge on any atom is -0.334 e. The maximum atomic E-state index is 15.2. The molecule has 3 aromatic rings. The first-order valence-corrected chi connectivity index (χ1v) is 11.0. The third-order valence-electron chi connectivity index (χ3n) is 6.04. The van der Waals surface area contributed by atoms with E-state index in [1.54, 1.807) is 0 Å². The Balaban J connectivity index is 1.74. The van der Waals surface area contributed by atoms with Gasteiger partial charge in [0.1, 0.15) is 5.82 Å². The summed E-state index contributed by atoms with van der Waals surface area (Å²) < 4.78 is 97.6. The highest BCUT2D eigenvalue weighted by atomic mass is 19.4. The van der Waals surface area contributed by atoms with Crippen LogP contribution in [0.25, 0.3) is 11.1 Å². The summed E-state index contributed by atoms with van der Waals surface area (Å²) >= 11 is 0. The van der Waals surface area contributed by atoms with Crippen LogP contribution in [0.15, 0.2) is 30.5 Å². The SMILES string of the molecule is Cn1ccc(C2=C(c3nn[nH]n3)C(=O)N[C@@](c3ccc(CCCCC(F)(F)F)cc3F)(C(F)(F)F)C2)n1. The summed E-state index contributed by atoms with van der Waals surface area (Å²) in [6.07, 6.45) is -10.0. The number of aromatic nitrogens is 6. The van der Waals surface area contributed by atoms with E-state index in [0.29, 0.717) is 0 Å². The van der Waals surface area contributed by atoms with E-state index in [2.05, 4.69) is 25.7 Å². The second kappa shape index (κ2) is 9.59. The number of unbranched alkanes of at least 4 members (excludes halogenated alkanes) is 1. The van der Waals surface area contributed by atoms with Gasteiger partial charge in [0.25, 0.3) is 5.91 Å². The lowest BCUT2D eigenvalue weighted by atomic mass is 9.77. The lowest BCUT2D eigenvalue weighted by Crippen LogP contribution is -2.59. The molecule has 15 heteroatoms. The summed E-state index contributed by atoms with van der Waals surface area (Å²) in [5.41, 5.74) is -4.20. The summed E-state index contributed by atoms with van der Waals surface area (Å²) in [6, 6.07) is 4.36. The Morgan fingerprint density at radius 3 is 2.43 bits per heavy atom. The van der Waals surface area contributed by atoms with Gasteiger partial charge in [0.2, 0.25) is 5.82 Å². The zero-order valence-electron chi connectivity index (χ0n) is 19.2. The van der Waals surface area contributed by atoms with Crippen LogP contribution in [-0.4, -0.2) is 48.7 Å². The number of amides is 1. The maximum Gasteiger partial charge on any atom is 0.416 e. The summed E-state index contributed by atoms with van der Waals surface area (Å²) in [5, 5.41) is 18.9. The Morgan fingerprint density at radius 2 is 1.86 bits per heavy atom. The molecular weight excluding hydrogens is 511 g/mol. The smallest absolute Gasteiger partial charge is 0.334 e. The van der Waals surface area contributed by atoms with Gasteiger partial charge in [-0.2, -0.15) is 36.7 Å². The Bertz CT molecular complexity index is 1310. The van der Waals surface area contributed by atoms with Crippen molar-refractivity contribution in [3.05, 3.63) is 58.9 Å². The number of halogens is 7. The Kier molecular flexibility index (Phi) is 6.81. The minimum atomic E-state index is -5.15. The fraction of sp³-hybridized carbons (Fsp3) is 0.409. The molecule has 37 heavy (non-hydrogen) atoms. The normalized spacial score (nSPS) is 18.9. The van der Waals surface area contributed by atoms with Gasteiger partial charge < -0.3 is 5.32 Å². The number of carbonyl (C=O) groups is 1. The van der Waals surface area contributed by atoms with Gasteiger partial charge >= 0.3 is 12.4 Å². The molecule has 0 spiro atoms. The van der Waals surface area contributed by atoms with Crippen molar-refractivity contribution >= 4 is 17.1 Å². The topological polar surface area (TPSA) is 101 Å². The number of H-pyrrole nitrogens is 1. The van der Waals surface area contributed by atoms with Gasteiger partial charge in [0.05, 0.1) is 11.3 Å². The summed E-state index contributed by atoms with van der Waals surface area (Å²) in [6.45, 7) is 0. The third-order valence-corrected chi connectivity index (χ3v) is 6.04. The van der Waals surface area contributed by atoms with E-state index in [9.17, 15) is 31.1 Å². The van der Waals surface area contributed by atoms with Crippen LogP contribution < -0.4 is 5.32 Å². The van der Waals surface area contributed by atoms with Crippen LogP contribution in [0.2, 0.25) is 0 Å². The molecule has 1 amide bonds. The van der Waals surface area contributed by atoms with Crippen LogP contribution in [0.3, 0.4) is 0 Å². The van der Waals surface area contributed by atoms with E-state index in [4.69, 9.17) is 0 Å². The first-order chi connectivity index (χ1) is 17.3. The molecular formula is C22H20F7N7O. The molecule has 2 N–H and O–H groups in total. The first-order valence-electron chi connectivity index (χ1n) is 11.0. The van der Waals surface area contributed by atoms with Crippen molar-refractivity contribution in [2.24, 2.45) is 7.05 Å². The largest absolute Gasteiger partial charge is 0.416 e. The summed E-state index contributed by atoms with van der Waals surface area (Å²) in [7, 11) is 1.53. The van der Waals surface area contributed by atoms with E-state index in [0.717, 1.165) is 12.1 Å². The van der Waals surface area contributed by atoms with Crippen molar-refractivity contribution in [3.8, 4) is 0 Å². The molecule has 0 unspecified atom stereocenters. The van der Waals surface area contributed by atoms with Gasteiger partial charge in [0.15, 0.2) is 5.54 Å². The van der Waals surface area contributed by atoms with Crippen molar-refractivity contribution in [1.29, 1.82) is 0 Å². The molecule has 0 saturated carbocycles. The molecule has 8 nitrogen and oxygen atoms in total. The predicted octanol–water partition coefficient (Wildman–Crippen LogP) is 4.24. The van der Waals surface area contributed by atoms with Gasteiger partial charge in [-0.25, -0.2) is 4.39 Å². The molecule has 2 aromatic heterocycles. The fourth-order valence-electron chi connectivity index (χ4n) is 4.29. The number of aryl methyl sites for hydroxylation is 2. The Labute approximate surface area is 204 Å². The molecule has 198 valence electrons. The summed E-state index contributed by atoms with van der Waals surface area (Å²) in [5.74, 6) is -2.72. The Morgan fingerprint density at radius 1 is 1.11 bits per heavy atom. The zero-order chi connectivity index (χ0) is 27.0. The molecule has 0 aliphatic carbocycles. The van der Waals surface area contributed by atoms with Crippen molar-refractivity contribution in [2.45, 2.75) is 50.0 Å². The molecule has 3 heterocycles. The maximum absolute atomic E-state index is 15.2. The number of carbonyl (C=O) groups excluding carboxylic acids is 1. The molecule has 1 aromatic carbocycles. The molecule has 0 radical (unpaired) electrons. The van der Waals surface area contributed by atoms with E-state index in [1.165, 1.54) is 30.1 Å². The second-order valence-electron chi connectivity index (χ2n) is 8.63. The standard InChI is InChI=1S/C22H20F7N7O/c1-36-9-7-16(33-36)13-11-20(22(27,28)29,30-19(37)17(13)18-31-34-35-32-18)14-6-5-12(10-15(14)23)4-2-3-8-21(24,25)26/h5-7,9-10H,2-4,8,11H2,1H3,(H,30,37)(H,31,32,34,35)/t20-/m0/s1. The van der Waals surface area contributed by atoms with Gasteiger partial charge in [-0.1, -0.05) is 12.1 Å². The lowest BCUT2D eigenvalue weighted by Gasteiger charge is -2.41. The van der Waals surface area contributed by atoms with Crippen LogP contribution in [0, 0.1) is 5.82 Å². The van der Waals surface area contributed by atoms with E-state index >= 15 is 4.39 Å². The second-order valence-corrected chi connectivity index (χ2v) is 8.63. The fourth-order valence-corrected chi connectivity index (χ4v) is 4.29. The average Bonchev–Trinajstić information content (AvgIpc) is 3.47. The molecule has 0 saturated heterocycles. The van der Waals surface area contributed by atoms with Gasteiger partial charge in [-0.15, -0.1) is 10.2 Å². The molecule has 1 aliphatic heterocycles. The summed E-state index contributed by atoms with van der Waals surface area (Å²) in [4.78, 5) is 13.1. The van der Waals surface area contributed by atoms with Crippen molar-refractivity contribution in [2.75, 3.05) is 0 Å². The number of rotatable bonds is 7. The van der Waals surface area contributed by atoms with Crippen molar-refractivity contribution in [3.63, 3.8) is 0 Å². The van der Waals surface area contributed by atoms with Crippen LogP contribution in [0.4, 0.5) is 30.7 Å². The number of nitrogens with zero attached hydrogens (tertiary/aromatic N) is 5. The van der Waals surface area contributed by atoms with Gasteiger partial charge in [-0.05, 0) is 47.7 Å². The highest BCUT2D eigenvalue weighted by Crippen LogP contribution is 2.50. The monoisotopic (exact) mass is 531 g/mol. The number of nitrogens with one attached hydrogen (secondary N) is 2. The average molecular weight is 531 g/mol. The molecule has 1 aliphatic rings. The Hall–Kier alpha value is -3.78. The van der Waals surface area contributed by atoms with Gasteiger partial charge in [-0.3, -0.25) is 9.48 Å². The number of hydrogen-bond donors (Lipinski definition) is 2. The molecule has 4 rings (SSSR count). The van der Waals surface area contributed by atoms with Crippen molar-refractivity contribution < 1.29 is 35.5 Å². The van der Waals surface area contributed by atoms with E-state index in [-0.39, 0.29) is 47.5 Å². The first kappa shape index (κ1) is 26.3. The minimum absolute atomic E-state index is 0.0347. The van der Waals surface area contributed by atoms with Crippen LogP contribution in [0.1, 0.15) is 48.3 Å². The predicted molar refractivity (Wildman–Crippen MR) is 115 cm³/mol. The number of tetrazole rings is 1. The molecule has 0 bridgehead atoms. The molecule has 1 atom stereocenters. The van der Waals surface area contributed by atoms with Crippen LogP contribution in [-0.2, 0) is 23.8 Å². The van der Waals surface area contributed by atoms with E-state index in [1.807, 2.05) is 5.32 Å². The van der Waals surface area contributed by atoms with E-state index < -0.39 is 48.0 Å². The van der Waals surface area contributed by atoms with Gasteiger partial charge in [0, 0.05) is 31.6 Å². The lowest BCUT2D eigenvalue weighted by molar-refractivity contribution is -0.202. The van der Waals surface area contributed by atoms with Crippen LogP contribution in [0.5, 0.6) is 0 Å². The highest BCUT2D eigenvalue weighted by molar-refractivity contribution is 6.27. The number of alkyl halides is 6. The quantitative estimate of drug-likeness (QED) is 0.351. The zero-order valence-corrected chi connectivity index (χ0v) is 19.2. The number of aromatic amines is 1. The number of benzene rings is 1. The van der Waals surface area contributed by atoms with Crippen molar-refractivity contribution in [1.82, 2.24) is 35.7 Å². The van der Waals surface area contributed by atoms with Crippen LogP contribution >= 0.6 is 0 Å².